The molecule has 2 heterocycles. The molecule has 2 aromatic carbocycles. The number of ether oxygens (including phenoxy) is 1. The van der Waals surface area contributed by atoms with Gasteiger partial charge in [0.2, 0.25) is 0 Å². The Morgan fingerprint density at radius 2 is 1.91 bits per heavy atom. The fraction of sp³-hybridized carbons (Fsp3) is 0.455. The van der Waals surface area contributed by atoms with Crippen molar-refractivity contribution in [2.24, 2.45) is 11.8 Å². The molecule has 0 aliphatic heterocycles. The van der Waals surface area contributed by atoms with Gasteiger partial charge >= 0.3 is 5.97 Å². The fourth-order valence-electron chi connectivity index (χ4n) is 7.13. The first-order valence-corrected chi connectivity index (χ1v) is 16.3. The molecule has 0 radical (unpaired) electrons. The van der Waals surface area contributed by atoms with Gasteiger partial charge in [0.05, 0.1) is 28.9 Å². The van der Waals surface area contributed by atoms with Crippen LogP contribution in [-0.2, 0) is 21.7 Å². The topological polar surface area (TPSA) is 123 Å². The van der Waals surface area contributed by atoms with Crippen molar-refractivity contribution in [3.05, 3.63) is 68.6 Å². The Kier molecular flexibility index (Phi) is 7.59. The number of nitrogens with zero attached hydrogens (tertiary/aromatic N) is 2. The summed E-state index contributed by atoms with van der Waals surface area (Å²) in [5, 5.41) is 26.5. The summed E-state index contributed by atoms with van der Waals surface area (Å²) >= 11 is 7.80. The largest absolute Gasteiger partial charge is 0.481 e. The van der Waals surface area contributed by atoms with Crippen LogP contribution in [0.3, 0.4) is 0 Å². The molecule has 0 spiro atoms. The highest BCUT2D eigenvalue weighted by Gasteiger charge is 2.56. The van der Waals surface area contributed by atoms with E-state index >= 15 is 4.39 Å². The Hall–Kier alpha value is -3.18. The molecule has 2 unspecified atom stereocenters. The molecule has 4 atom stereocenters. The van der Waals surface area contributed by atoms with Crippen molar-refractivity contribution < 1.29 is 33.5 Å². The van der Waals surface area contributed by atoms with E-state index in [9.17, 15) is 14.7 Å². The molecule has 11 heteroatoms. The molecule has 0 amide bonds. The van der Waals surface area contributed by atoms with Crippen molar-refractivity contribution in [3.63, 3.8) is 0 Å². The summed E-state index contributed by atoms with van der Waals surface area (Å²) in [6.07, 6.45) is 4.39. The van der Waals surface area contributed by atoms with E-state index in [1.54, 1.807) is 6.07 Å². The Bertz CT molecular complexity index is 1750. The van der Waals surface area contributed by atoms with Gasteiger partial charge in [-0.2, -0.15) is 0 Å². The number of thiazole rings is 1. The second kappa shape index (κ2) is 11.3. The first kappa shape index (κ1) is 29.5. The molecule has 3 saturated carbocycles. The Balaban J connectivity index is 1.10. The number of hydrogen-bond acceptors (Lipinski definition) is 8. The predicted octanol–water partition coefficient (Wildman–Crippen LogP) is 7.57. The summed E-state index contributed by atoms with van der Waals surface area (Å²) in [7, 11) is 0. The van der Waals surface area contributed by atoms with Crippen LogP contribution >= 0.6 is 22.9 Å². The average molecular weight is 639 g/mol. The molecule has 7 rings (SSSR count). The number of aromatic nitrogens is 2. The van der Waals surface area contributed by atoms with Gasteiger partial charge in [0, 0.05) is 29.0 Å². The van der Waals surface area contributed by atoms with Crippen LogP contribution in [0.5, 0.6) is 0 Å². The first-order chi connectivity index (χ1) is 21.1. The summed E-state index contributed by atoms with van der Waals surface area (Å²) in [5.74, 6) is -1.18. The third-order valence-corrected chi connectivity index (χ3v) is 11.0. The molecular weight excluding hydrogens is 607 g/mol. The molecule has 3 fully saturated rings. The van der Waals surface area contributed by atoms with Crippen molar-refractivity contribution >= 4 is 44.9 Å². The maximum absolute atomic E-state index is 15.1. The molecule has 3 aliphatic carbocycles. The number of carboxylic acid groups (broad SMARTS) is 1. The van der Waals surface area contributed by atoms with Crippen LogP contribution in [0.2, 0.25) is 5.02 Å². The van der Waals surface area contributed by atoms with Gasteiger partial charge in [-0.1, -0.05) is 28.9 Å². The molecule has 2 bridgehead atoms. The third kappa shape index (κ3) is 5.15. The van der Waals surface area contributed by atoms with Crippen LogP contribution in [0.15, 0.2) is 34.9 Å². The number of halogens is 2. The van der Waals surface area contributed by atoms with Gasteiger partial charge in [-0.3, -0.25) is 9.59 Å². The highest BCUT2D eigenvalue weighted by Crippen LogP contribution is 2.57. The van der Waals surface area contributed by atoms with Crippen LogP contribution in [0.25, 0.3) is 21.5 Å². The monoisotopic (exact) mass is 638 g/mol. The number of carbonyl (C=O) groups is 2. The minimum Gasteiger partial charge on any atom is -0.481 e. The van der Waals surface area contributed by atoms with E-state index in [1.807, 2.05) is 25.1 Å². The number of fused-ring (bicyclic) bond motifs is 3. The SMILES string of the molecule is Cc1cccc(Cl)c1-c1noc(C2CC2)c1COC1C[C@H]2CC[C@@H](C1)C2(O)c1nc2c(F)cc(C(=O)CCC(=O)O)cc2s1. The molecule has 4 aromatic rings. The lowest BCUT2D eigenvalue weighted by molar-refractivity contribution is -0.136. The van der Waals surface area contributed by atoms with Gasteiger partial charge in [-0.05, 0) is 81.0 Å². The number of benzene rings is 2. The number of aliphatic hydroxyl groups is 1. The lowest BCUT2D eigenvalue weighted by Crippen LogP contribution is -2.44. The molecule has 2 aromatic heterocycles. The highest BCUT2D eigenvalue weighted by atomic mass is 35.5. The van der Waals surface area contributed by atoms with Crippen molar-refractivity contribution in [3.8, 4) is 11.3 Å². The zero-order valence-corrected chi connectivity index (χ0v) is 25.7. The van der Waals surface area contributed by atoms with Crippen LogP contribution in [0.4, 0.5) is 4.39 Å². The summed E-state index contributed by atoms with van der Waals surface area (Å²) < 4.78 is 27.9. The Morgan fingerprint density at radius 1 is 1.16 bits per heavy atom. The number of ketones is 1. The van der Waals surface area contributed by atoms with Gasteiger partial charge < -0.3 is 19.5 Å². The zero-order valence-electron chi connectivity index (χ0n) is 24.1. The normalized spacial score (nSPS) is 24.7. The van der Waals surface area contributed by atoms with E-state index in [4.69, 9.17) is 26.0 Å². The van der Waals surface area contributed by atoms with Crippen LogP contribution in [-0.4, -0.2) is 38.2 Å². The lowest BCUT2D eigenvalue weighted by atomic mass is 9.73. The van der Waals surface area contributed by atoms with Crippen LogP contribution in [0.1, 0.15) is 89.5 Å². The molecule has 230 valence electrons. The quantitative estimate of drug-likeness (QED) is 0.171. The molecule has 0 saturated heterocycles. The van der Waals surface area contributed by atoms with Crippen molar-refractivity contribution in [1.29, 1.82) is 0 Å². The number of aryl methyl sites for hydroxylation is 1. The summed E-state index contributed by atoms with van der Waals surface area (Å²) in [5.41, 5.74) is 2.56. The van der Waals surface area contributed by atoms with E-state index in [-0.39, 0.29) is 41.9 Å². The summed E-state index contributed by atoms with van der Waals surface area (Å²) in [6.45, 7) is 2.34. The van der Waals surface area contributed by atoms with E-state index in [0.717, 1.165) is 59.9 Å². The van der Waals surface area contributed by atoms with E-state index < -0.39 is 23.2 Å². The fourth-order valence-corrected chi connectivity index (χ4v) is 8.71. The minimum absolute atomic E-state index is 0.0838. The van der Waals surface area contributed by atoms with Crippen LogP contribution < -0.4 is 0 Å². The number of carbonyl (C=O) groups excluding carboxylic acids is 1. The average Bonchev–Trinajstić information content (AvgIpc) is 3.56. The molecule has 44 heavy (non-hydrogen) atoms. The van der Waals surface area contributed by atoms with Gasteiger partial charge in [0.1, 0.15) is 27.6 Å². The van der Waals surface area contributed by atoms with E-state index in [2.05, 4.69) is 10.1 Å². The predicted molar refractivity (Wildman–Crippen MR) is 162 cm³/mol. The summed E-state index contributed by atoms with van der Waals surface area (Å²) in [6, 6.07) is 8.44. The Labute approximate surface area is 262 Å². The summed E-state index contributed by atoms with van der Waals surface area (Å²) in [4.78, 5) is 27.9. The number of hydrogen-bond donors (Lipinski definition) is 2. The minimum atomic E-state index is -1.21. The maximum Gasteiger partial charge on any atom is 0.303 e. The van der Waals surface area contributed by atoms with Crippen molar-refractivity contribution in [1.82, 2.24) is 10.1 Å². The van der Waals surface area contributed by atoms with Crippen LogP contribution in [0, 0.1) is 24.6 Å². The number of rotatable bonds is 10. The first-order valence-electron chi connectivity index (χ1n) is 15.1. The highest BCUT2D eigenvalue weighted by molar-refractivity contribution is 7.18. The zero-order chi connectivity index (χ0) is 30.7. The van der Waals surface area contributed by atoms with Gasteiger partial charge in [0.15, 0.2) is 11.6 Å². The standard InChI is InChI=1S/C33H32ClFN2O6S/c1-16-3-2-4-23(34)28(16)29-22(31(43-37-29)17-5-6-17)15-42-21-13-19-7-8-20(14-21)33(19,41)32-36-30-24(35)11-18(12-26(30)44-32)25(38)9-10-27(39)40/h2-4,11-12,17,19-21,41H,5-10,13-15H2,1H3,(H,39,40)/t19-,20+,21?,33?. The van der Waals surface area contributed by atoms with E-state index in [1.165, 1.54) is 11.3 Å². The molecule has 2 N–H and O–H groups in total. The maximum atomic E-state index is 15.1. The number of carboxylic acids is 1. The second-order valence-electron chi connectivity index (χ2n) is 12.4. The molecule has 3 aliphatic rings. The lowest BCUT2D eigenvalue weighted by Gasteiger charge is -2.41. The van der Waals surface area contributed by atoms with Crippen molar-refractivity contribution in [2.75, 3.05) is 0 Å². The van der Waals surface area contributed by atoms with Gasteiger partial charge in [-0.25, -0.2) is 9.37 Å². The van der Waals surface area contributed by atoms with E-state index in [0.29, 0.717) is 40.1 Å². The number of aliphatic carboxylic acids is 1. The number of Topliss-reactive ketones (excluding diaryl/α,β-unsaturated/α-hetero) is 1. The smallest absolute Gasteiger partial charge is 0.303 e. The van der Waals surface area contributed by atoms with Crippen molar-refractivity contribution in [2.45, 2.75) is 82.5 Å². The van der Waals surface area contributed by atoms with Gasteiger partial charge in [-0.15, -0.1) is 11.3 Å². The molecular formula is C33H32ClFN2O6S. The van der Waals surface area contributed by atoms with Gasteiger partial charge in [0.25, 0.3) is 0 Å². The Morgan fingerprint density at radius 3 is 2.59 bits per heavy atom. The third-order valence-electron chi connectivity index (χ3n) is 9.57. The molecule has 8 nitrogen and oxygen atoms in total. The second-order valence-corrected chi connectivity index (χ2v) is 13.9.